The maximum atomic E-state index is 11.9. The normalized spacial score (nSPS) is 12.3. The van der Waals surface area contributed by atoms with Gasteiger partial charge in [0, 0.05) is 17.3 Å². The van der Waals surface area contributed by atoms with Crippen molar-refractivity contribution in [3.8, 4) is 0 Å². The second kappa shape index (κ2) is 7.39. The van der Waals surface area contributed by atoms with Crippen LogP contribution in [0.1, 0.15) is 32.8 Å². The van der Waals surface area contributed by atoms with Crippen molar-refractivity contribution in [1.82, 2.24) is 5.32 Å². The molecule has 0 aliphatic rings. The minimum Gasteiger partial charge on any atom is -0.374 e. The van der Waals surface area contributed by atoms with Crippen LogP contribution in [0.25, 0.3) is 0 Å². The van der Waals surface area contributed by atoms with Gasteiger partial charge in [-0.2, -0.15) is 0 Å². The Morgan fingerprint density at radius 1 is 1.32 bits per heavy atom. The van der Waals surface area contributed by atoms with Gasteiger partial charge in [-0.05, 0) is 43.9 Å². The van der Waals surface area contributed by atoms with Gasteiger partial charge >= 0.3 is 0 Å². The van der Waals surface area contributed by atoms with Crippen molar-refractivity contribution in [2.75, 3.05) is 11.9 Å². The number of hydrogen-bond donors (Lipinski definition) is 2. The van der Waals surface area contributed by atoms with Gasteiger partial charge in [-0.3, -0.25) is 4.79 Å². The molecule has 1 aromatic rings. The van der Waals surface area contributed by atoms with Gasteiger partial charge in [0.2, 0.25) is 5.91 Å². The van der Waals surface area contributed by atoms with Gasteiger partial charge < -0.3 is 10.6 Å². The van der Waals surface area contributed by atoms with Crippen molar-refractivity contribution in [3.63, 3.8) is 0 Å². The number of rotatable bonds is 6. The van der Waals surface area contributed by atoms with E-state index in [1.165, 1.54) is 0 Å². The maximum absolute atomic E-state index is 11.9. The molecule has 0 aliphatic carbocycles. The largest absolute Gasteiger partial charge is 0.374 e. The average molecular weight is 283 g/mol. The SMILES string of the molecule is Cc1c(Cl)cccc1NC(C)C(=O)NCCC(C)C. The smallest absolute Gasteiger partial charge is 0.242 e. The molecule has 0 aromatic heterocycles. The molecule has 1 unspecified atom stereocenters. The highest BCUT2D eigenvalue weighted by Crippen LogP contribution is 2.23. The summed E-state index contributed by atoms with van der Waals surface area (Å²) < 4.78 is 0. The summed E-state index contributed by atoms with van der Waals surface area (Å²) in [4.78, 5) is 11.9. The van der Waals surface area contributed by atoms with E-state index in [0.717, 1.165) is 24.2 Å². The number of halogens is 1. The Bertz CT molecular complexity index is 432. The van der Waals surface area contributed by atoms with Crippen LogP contribution < -0.4 is 10.6 Å². The topological polar surface area (TPSA) is 41.1 Å². The predicted octanol–water partition coefficient (Wildman–Crippen LogP) is 3.61. The summed E-state index contributed by atoms with van der Waals surface area (Å²) in [7, 11) is 0. The molecule has 4 heteroatoms. The molecule has 0 bridgehead atoms. The molecule has 1 rings (SSSR count). The summed E-state index contributed by atoms with van der Waals surface area (Å²) >= 11 is 6.05. The first-order valence-corrected chi connectivity index (χ1v) is 7.09. The Morgan fingerprint density at radius 3 is 2.63 bits per heavy atom. The Labute approximate surface area is 120 Å². The van der Waals surface area contributed by atoms with Gasteiger partial charge in [-0.25, -0.2) is 0 Å². The minimum atomic E-state index is -0.274. The van der Waals surface area contributed by atoms with Crippen LogP contribution in [-0.2, 0) is 4.79 Å². The van der Waals surface area contributed by atoms with E-state index in [0.29, 0.717) is 10.9 Å². The van der Waals surface area contributed by atoms with E-state index < -0.39 is 0 Å². The number of benzene rings is 1. The first-order valence-electron chi connectivity index (χ1n) is 6.71. The lowest BCUT2D eigenvalue weighted by Crippen LogP contribution is -2.38. The van der Waals surface area contributed by atoms with E-state index in [9.17, 15) is 4.79 Å². The minimum absolute atomic E-state index is 0.0139. The number of carbonyl (C=O) groups is 1. The summed E-state index contributed by atoms with van der Waals surface area (Å²) in [5, 5.41) is 6.83. The number of nitrogens with one attached hydrogen (secondary N) is 2. The molecule has 0 fully saturated rings. The van der Waals surface area contributed by atoms with Crippen molar-refractivity contribution in [1.29, 1.82) is 0 Å². The van der Waals surface area contributed by atoms with E-state index in [1.54, 1.807) is 0 Å². The van der Waals surface area contributed by atoms with Crippen molar-refractivity contribution >= 4 is 23.2 Å². The summed E-state index contributed by atoms with van der Waals surface area (Å²) in [6.07, 6.45) is 0.995. The van der Waals surface area contributed by atoms with E-state index in [2.05, 4.69) is 24.5 Å². The van der Waals surface area contributed by atoms with Crippen LogP contribution in [0.3, 0.4) is 0 Å². The van der Waals surface area contributed by atoms with Crippen molar-refractivity contribution in [2.45, 2.75) is 40.2 Å². The summed E-state index contributed by atoms with van der Waals surface area (Å²) in [5.41, 5.74) is 1.87. The van der Waals surface area contributed by atoms with E-state index >= 15 is 0 Å². The highest BCUT2D eigenvalue weighted by Gasteiger charge is 2.13. The van der Waals surface area contributed by atoms with Crippen LogP contribution in [0.2, 0.25) is 5.02 Å². The summed E-state index contributed by atoms with van der Waals surface area (Å²) in [6.45, 7) is 8.79. The number of amides is 1. The summed E-state index contributed by atoms with van der Waals surface area (Å²) in [5.74, 6) is 0.610. The molecule has 106 valence electrons. The highest BCUT2D eigenvalue weighted by atomic mass is 35.5. The molecule has 1 atom stereocenters. The first-order chi connectivity index (χ1) is 8.91. The van der Waals surface area contributed by atoms with Gasteiger partial charge in [0.05, 0.1) is 0 Å². The third-order valence-corrected chi connectivity index (χ3v) is 3.46. The van der Waals surface area contributed by atoms with Crippen molar-refractivity contribution < 1.29 is 4.79 Å². The van der Waals surface area contributed by atoms with Crippen molar-refractivity contribution in [3.05, 3.63) is 28.8 Å². The quantitative estimate of drug-likeness (QED) is 0.837. The van der Waals surface area contributed by atoms with Crippen molar-refractivity contribution in [2.24, 2.45) is 5.92 Å². The number of carbonyl (C=O) groups excluding carboxylic acids is 1. The molecular weight excluding hydrogens is 260 g/mol. The molecule has 0 saturated heterocycles. The lowest BCUT2D eigenvalue weighted by Gasteiger charge is -2.17. The van der Waals surface area contributed by atoms with Gasteiger partial charge in [-0.15, -0.1) is 0 Å². The van der Waals surface area contributed by atoms with E-state index in [-0.39, 0.29) is 11.9 Å². The second-order valence-electron chi connectivity index (χ2n) is 5.25. The predicted molar refractivity (Wildman–Crippen MR) is 81.7 cm³/mol. The molecule has 2 N–H and O–H groups in total. The van der Waals surface area contributed by atoms with Crippen LogP contribution in [0.4, 0.5) is 5.69 Å². The maximum Gasteiger partial charge on any atom is 0.242 e. The molecule has 0 saturated carbocycles. The Morgan fingerprint density at radius 2 is 2.00 bits per heavy atom. The monoisotopic (exact) mass is 282 g/mol. The van der Waals surface area contributed by atoms with Crippen LogP contribution in [0.15, 0.2) is 18.2 Å². The van der Waals surface area contributed by atoms with Gasteiger partial charge in [-0.1, -0.05) is 31.5 Å². The van der Waals surface area contributed by atoms with Crippen LogP contribution in [-0.4, -0.2) is 18.5 Å². The van der Waals surface area contributed by atoms with Gasteiger partial charge in [0.25, 0.3) is 0 Å². The third-order valence-electron chi connectivity index (χ3n) is 3.05. The summed E-state index contributed by atoms with van der Waals surface area (Å²) in [6, 6.07) is 5.37. The zero-order chi connectivity index (χ0) is 14.4. The Hall–Kier alpha value is -1.22. The van der Waals surface area contributed by atoms with E-state index in [1.807, 2.05) is 32.0 Å². The van der Waals surface area contributed by atoms with E-state index in [4.69, 9.17) is 11.6 Å². The molecule has 0 heterocycles. The number of anilines is 1. The standard InChI is InChI=1S/C15H23ClN2O/c1-10(2)8-9-17-15(19)12(4)18-14-7-5-6-13(16)11(14)3/h5-7,10,12,18H,8-9H2,1-4H3,(H,17,19). The zero-order valence-corrected chi connectivity index (χ0v) is 12.8. The molecule has 0 radical (unpaired) electrons. The van der Waals surface area contributed by atoms with Gasteiger partial charge in [0.15, 0.2) is 0 Å². The zero-order valence-electron chi connectivity index (χ0n) is 12.1. The lowest BCUT2D eigenvalue weighted by atomic mass is 10.1. The van der Waals surface area contributed by atoms with Gasteiger partial charge in [0.1, 0.15) is 6.04 Å². The van der Waals surface area contributed by atoms with Crippen LogP contribution in [0.5, 0.6) is 0 Å². The molecule has 19 heavy (non-hydrogen) atoms. The van der Waals surface area contributed by atoms with Crippen LogP contribution >= 0.6 is 11.6 Å². The Kier molecular flexibility index (Phi) is 6.16. The number of hydrogen-bond acceptors (Lipinski definition) is 2. The molecular formula is C15H23ClN2O. The molecule has 1 aromatic carbocycles. The van der Waals surface area contributed by atoms with Crippen LogP contribution in [0, 0.1) is 12.8 Å². The first kappa shape index (κ1) is 15.8. The fraction of sp³-hybridized carbons (Fsp3) is 0.533. The highest BCUT2D eigenvalue weighted by molar-refractivity contribution is 6.31. The third kappa shape index (κ3) is 5.11. The average Bonchev–Trinajstić information content (AvgIpc) is 2.34. The molecule has 0 aliphatic heterocycles. The second-order valence-corrected chi connectivity index (χ2v) is 5.66. The molecule has 3 nitrogen and oxygen atoms in total. The molecule has 0 spiro atoms. The molecule has 1 amide bonds. The fourth-order valence-electron chi connectivity index (χ4n) is 1.70. The lowest BCUT2D eigenvalue weighted by molar-refractivity contribution is -0.121. The Balaban J connectivity index is 2.52. The fourth-order valence-corrected chi connectivity index (χ4v) is 1.87.